The first-order valence-electron chi connectivity index (χ1n) is 6.93. The van der Waals surface area contributed by atoms with E-state index in [2.05, 4.69) is 0 Å². The molecule has 0 N–H and O–H groups in total. The van der Waals surface area contributed by atoms with Crippen molar-refractivity contribution >= 4 is 0 Å². The SMILES string of the molecule is COC[C@@H]1O[C@@H]1C12CC3CC(CC(C3)C1)C2. The number of methoxy groups -OCH3 is 1. The van der Waals surface area contributed by atoms with Gasteiger partial charge in [0.2, 0.25) is 0 Å². The lowest BCUT2D eigenvalue weighted by molar-refractivity contribution is -0.0670. The number of hydrogen-bond acceptors (Lipinski definition) is 2. The Bertz CT molecular complexity index is 264. The van der Waals surface area contributed by atoms with Crippen molar-refractivity contribution in [2.75, 3.05) is 13.7 Å². The number of ether oxygens (including phenoxy) is 2. The molecule has 1 saturated heterocycles. The van der Waals surface area contributed by atoms with E-state index < -0.39 is 0 Å². The third kappa shape index (κ3) is 1.32. The Morgan fingerprint density at radius 3 is 2.12 bits per heavy atom. The molecule has 0 unspecified atom stereocenters. The fraction of sp³-hybridized carbons (Fsp3) is 1.00. The Labute approximate surface area is 97.7 Å². The Morgan fingerprint density at radius 1 is 1.06 bits per heavy atom. The molecule has 2 atom stereocenters. The maximum atomic E-state index is 5.92. The van der Waals surface area contributed by atoms with E-state index in [4.69, 9.17) is 9.47 Å². The molecule has 4 aliphatic carbocycles. The Morgan fingerprint density at radius 2 is 1.62 bits per heavy atom. The van der Waals surface area contributed by atoms with Crippen LogP contribution in [-0.4, -0.2) is 25.9 Å². The van der Waals surface area contributed by atoms with E-state index in [-0.39, 0.29) is 0 Å². The van der Waals surface area contributed by atoms with E-state index in [1.54, 1.807) is 7.11 Å². The van der Waals surface area contributed by atoms with Gasteiger partial charge < -0.3 is 9.47 Å². The van der Waals surface area contributed by atoms with Crippen molar-refractivity contribution in [2.45, 2.75) is 50.7 Å². The van der Waals surface area contributed by atoms with Crippen molar-refractivity contribution in [3.63, 3.8) is 0 Å². The van der Waals surface area contributed by atoms with Gasteiger partial charge in [0.15, 0.2) is 0 Å². The highest BCUT2D eigenvalue weighted by molar-refractivity contribution is 5.10. The molecule has 4 saturated carbocycles. The van der Waals surface area contributed by atoms with E-state index in [9.17, 15) is 0 Å². The smallest absolute Gasteiger partial charge is 0.108 e. The first kappa shape index (κ1) is 9.90. The molecule has 0 amide bonds. The molecule has 0 aromatic rings. The van der Waals surface area contributed by atoms with Gasteiger partial charge in [-0.2, -0.15) is 0 Å². The average molecular weight is 222 g/mol. The standard InChI is InChI=1S/C14H22O2/c1-15-8-12-13(16-12)14-5-9-2-10(6-14)4-11(3-9)7-14/h9-13H,2-8H2,1H3/t9?,10?,11?,12-,13-,14?/m0/s1. The van der Waals surface area contributed by atoms with Crippen LogP contribution in [0.3, 0.4) is 0 Å². The fourth-order valence-corrected chi connectivity index (χ4v) is 5.50. The van der Waals surface area contributed by atoms with Crippen molar-refractivity contribution < 1.29 is 9.47 Å². The molecule has 0 aromatic heterocycles. The molecule has 4 bridgehead atoms. The van der Waals surface area contributed by atoms with Crippen LogP contribution < -0.4 is 0 Å². The number of hydrogen-bond donors (Lipinski definition) is 0. The first-order chi connectivity index (χ1) is 7.79. The van der Waals surface area contributed by atoms with Crippen LogP contribution in [0.4, 0.5) is 0 Å². The summed E-state index contributed by atoms with van der Waals surface area (Å²) in [4.78, 5) is 0. The minimum absolute atomic E-state index is 0.432. The molecule has 0 spiro atoms. The molecule has 2 nitrogen and oxygen atoms in total. The largest absolute Gasteiger partial charge is 0.382 e. The van der Waals surface area contributed by atoms with Gasteiger partial charge in [-0.05, 0) is 56.3 Å². The molecule has 5 aliphatic rings. The highest BCUT2D eigenvalue weighted by Crippen LogP contribution is 2.64. The summed E-state index contributed by atoms with van der Waals surface area (Å²) in [7, 11) is 1.79. The molecule has 90 valence electrons. The second-order valence-corrected chi connectivity index (χ2v) is 6.83. The summed E-state index contributed by atoms with van der Waals surface area (Å²) >= 11 is 0. The third-order valence-corrected chi connectivity index (χ3v) is 5.60. The normalized spacial score (nSPS) is 57.9. The highest BCUT2D eigenvalue weighted by Gasteiger charge is 2.61. The van der Waals surface area contributed by atoms with E-state index in [1.807, 2.05) is 0 Å². The molecule has 1 heterocycles. The Kier molecular flexibility index (Phi) is 2.00. The lowest BCUT2D eigenvalue weighted by Crippen LogP contribution is -2.49. The predicted molar refractivity (Wildman–Crippen MR) is 61.1 cm³/mol. The minimum atomic E-state index is 0.432. The van der Waals surface area contributed by atoms with E-state index in [0.29, 0.717) is 17.6 Å². The van der Waals surface area contributed by atoms with Gasteiger partial charge in [-0.1, -0.05) is 0 Å². The molecular formula is C14H22O2. The third-order valence-electron chi connectivity index (χ3n) is 5.60. The lowest BCUT2D eigenvalue weighted by atomic mass is 9.48. The van der Waals surface area contributed by atoms with Crippen LogP contribution in [0.5, 0.6) is 0 Å². The highest BCUT2D eigenvalue weighted by atomic mass is 16.6. The van der Waals surface area contributed by atoms with Gasteiger partial charge in [0.05, 0.1) is 12.7 Å². The maximum Gasteiger partial charge on any atom is 0.108 e. The van der Waals surface area contributed by atoms with Gasteiger partial charge >= 0.3 is 0 Å². The first-order valence-corrected chi connectivity index (χ1v) is 6.93. The van der Waals surface area contributed by atoms with E-state index in [1.165, 1.54) is 38.5 Å². The number of rotatable bonds is 3. The van der Waals surface area contributed by atoms with E-state index in [0.717, 1.165) is 24.4 Å². The molecular weight excluding hydrogens is 200 g/mol. The zero-order chi connectivity index (χ0) is 10.8. The fourth-order valence-electron chi connectivity index (χ4n) is 5.50. The van der Waals surface area contributed by atoms with Gasteiger partial charge in [-0.3, -0.25) is 0 Å². The minimum Gasteiger partial charge on any atom is -0.382 e. The molecule has 0 radical (unpaired) electrons. The van der Waals surface area contributed by atoms with Crippen LogP contribution >= 0.6 is 0 Å². The van der Waals surface area contributed by atoms with Crippen LogP contribution in [0.15, 0.2) is 0 Å². The van der Waals surface area contributed by atoms with Crippen LogP contribution in [0.1, 0.15) is 38.5 Å². The van der Waals surface area contributed by atoms with Crippen molar-refractivity contribution in [2.24, 2.45) is 23.2 Å². The van der Waals surface area contributed by atoms with Gasteiger partial charge in [0.1, 0.15) is 6.10 Å². The second-order valence-electron chi connectivity index (χ2n) is 6.83. The maximum absolute atomic E-state index is 5.92. The Hall–Kier alpha value is -0.0800. The molecule has 2 heteroatoms. The molecule has 16 heavy (non-hydrogen) atoms. The van der Waals surface area contributed by atoms with Crippen molar-refractivity contribution in [3.05, 3.63) is 0 Å². The van der Waals surface area contributed by atoms with Gasteiger partial charge in [0.25, 0.3) is 0 Å². The molecule has 5 fully saturated rings. The van der Waals surface area contributed by atoms with Crippen LogP contribution in [0.2, 0.25) is 0 Å². The summed E-state index contributed by atoms with van der Waals surface area (Å²) in [5, 5.41) is 0. The lowest BCUT2D eigenvalue weighted by Gasteiger charge is -2.56. The second kappa shape index (κ2) is 3.23. The summed E-state index contributed by atoms with van der Waals surface area (Å²) in [6, 6.07) is 0. The summed E-state index contributed by atoms with van der Waals surface area (Å²) in [5.41, 5.74) is 0.581. The summed E-state index contributed by atoms with van der Waals surface area (Å²) in [5.74, 6) is 3.12. The monoisotopic (exact) mass is 222 g/mol. The van der Waals surface area contributed by atoms with Crippen LogP contribution in [0, 0.1) is 23.2 Å². The van der Waals surface area contributed by atoms with Crippen LogP contribution in [0.25, 0.3) is 0 Å². The number of epoxide rings is 1. The van der Waals surface area contributed by atoms with E-state index >= 15 is 0 Å². The van der Waals surface area contributed by atoms with Crippen molar-refractivity contribution in [1.82, 2.24) is 0 Å². The summed E-state index contributed by atoms with van der Waals surface area (Å²) in [6.45, 7) is 0.812. The summed E-state index contributed by atoms with van der Waals surface area (Å²) < 4.78 is 11.2. The average Bonchev–Trinajstić information content (AvgIpc) is 2.96. The quantitative estimate of drug-likeness (QED) is 0.685. The van der Waals surface area contributed by atoms with Crippen molar-refractivity contribution in [3.8, 4) is 0 Å². The topological polar surface area (TPSA) is 21.8 Å². The molecule has 0 aromatic carbocycles. The zero-order valence-electron chi connectivity index (χ0n) is 10.2. The van der Waals surface area contributed by atoms with Gasteiger partial charge in [-0.25, -0.2) is 0 Å². The summed E-state index contributed by atoms with van der Waals surface area (Å²) in [6.07, 6.45) is 9.96. The Balaban J connectivity index is 1.54. The predicted octanol–water partition coefficient (Wildman–Crippen LogP) is 2.62. The van der Waals surface area contributed by atoms with Crippen molar-refractivity contribution in [1.29, 1.82) is 0 Å². The van der Waals surface area contributed by atoms with Gasteiger partial charge in [-0.15, -0.1) is 0 Å². The molecule has 1 aliphatic heterocycles. The molecule has 5 rings (SSSR count). The van der Waals surface area contributed by atoms with Crippen LogP contribution in [-0.2, 0) is 9.47 Å². The zero-order valence-corrected chi connectivity index (χ0v) is 10.2. The van der Waals surface area contributed by atoms with Gasteiger partial charge in [0, 0.05) is 12.5 Å².